The van der Waals surface area contributed by atoms with E-state index in [1.807, 2.05) is 48.5 Å². The number of hydrogen-bond donors (Lipinski definition) is 3. The van der Waals surface area contributed by atoms with Crippen molar-refractivity contribution in [1.82, 2.24) is 0 Å². The molecule has 3 N–H and O–H groups in total. The van der Waals surface area contributed by atoms with Gasteiger partial charge in [-0.3, -0.25) is 0 Å². The van der Waals surface area contributed by atoms with Gasteiger partial charge in [0.15, 0.2) is 0 Å². The molecule has 2 atom stereocenters. The molecule has 5 heteroatoms. The first-order chi connectivity index (χ1) is 11.4. The number of allylic oxidation sites excluding steroid dienone is 1. The Labute approximate surface area is 157 Å². The molecule has 0 aromatic heterocycles. The van der Waals surface area contributed by atoms with Gasteiger partial charge in [0.05, 0.1) is 0 Å². The van der Waals surface area contributed by atoms with Crippen LogP contribution in [-0.2, 0) is 0 Å². The SMILES string of the molecule is C=C(C)c1c(C)c(O)cc(C)c1[C@@H](C)CCl.CC.CC.CO.OP. The summed E-state index contributed by atoms with van der Waals surface area (Å²) >= 11 is 5.94. The highest BCUT2D eigenvalue weighted by atomic mass is 35.5. The normalized spacial score (nSPS) is 9.38. The van der Waals surface area contributed by atoms with E-state index in [4.69, 9.17) is 21.6 Å². The van der Waals surface area contributed by atoms with Crippen LogP contribution in [0.5, 0.6) is 5.75 Å². The lowest BCUT2D eigenvalue weighted by Gasteiger charge is -2.20. The van der Waals surface area contributed by atoms with Crippen LogP contribution in [0.3, 0.4) is 0 Å². The number of aliphatic hydroxyl groups excluding tert-OH is 1. The van der Waals surface area contributed by atoms with E-state index in [0.29, 0.717) is 11.6 Å². The second kappa shape index (κ2) is 20.4. The zero-order valence-electron chi connectivity index (χ0n) is 16.9. The molecule has 1 unspecified atom stereocenters. The molecule has 1 rings (SSSR count). The Kier molecular flexibility index (Phi) is 26.6. The van der Waals surface area contributed by atoms with Gasteiger partial charge in [-0.2, -0.15) is 0 Å². The summed E-state index contributed by atoms with van der Waals surface area (Å²) in [6.45, 7) is 20.0. The van der Waals surface area contributed by atoms with Crippen LogP contribution in [0.15, 0.2) is 12.6 Å². The molecule has 3 nitrogen and oxygen atoms in total. The molecule has 0 saturated carbocycles. The zero-order valence-corrected chi connectivity index (χ0v) is 18.8. The number of phenols is 1. The van der Waals surface area contributed by atoms with Crippen molar-refractivity contribution in [3.05, 3.63) is 34.9 Å². The molecule has 0 radical (unpaired) electrons. The van der Waals surface area contributed by atoms with Gasteiger partial charge in [-0.05, 0) is 64.5 Å². The number of aryl methyl sites for hydroxylation is 1. The highest BCUT2D eigenvalue weighted by molar-refractivity contribution is 7.08. The highest BCUT2D eigenvalue weighted by Crippen LogP contribution is 2.36. The van der Waals surface area contributed by atoms with E-state index in [9.17, 15) is 5.11 Å². The first-order valence-electron chi connectivity index (χ1n) is 8.15. The first kappa shape index (κ1) is 31.2. The summed E-state index contributed by atoms with van der Waals surface area (Å²) in [6, 6.07) is 1.81. The molecule has 144 valence electrons. The number of aromatic hydroxyl groups is 1. The molecule has 0 fully saturated rings. The molecule has 1 aromatic carbocycles. The number of halogens is 1. The summed E-state index contributed by atoms with van der Waals surface area (Å²) in [5.74, 6) is 1.18. The molecule has 0 amide bonds. The minimum absolute atomic E-state index is 0.271. The second-order valence-electron chi connectivity index (χ2n) is 4.46. The number of aliphatic hydroxyl groups is 1. The fraction of sp³-hybridized carbons (Fsp3) is 0.579. The molecule has 1 aromatic rings. The zero-order chi connectivity index (χ0) is 20.5. The Hall–Kier alpha value is -0.600. The number of phenolic OH excluding ortho intramolecular Hbond substituents is 1. The topological polar surface area (TPSA) is 60.7 Å². The molecule has 0 saturated heterocycles. The fourth-order valence-corrected chi connectivity index (χ4v) is 2.33. The van der Waals surface area contributed by atoms with Crippen LogP contribution in [0.2, 0.25) is 0 Å². The lowest BCUT2D eigenvalue weighted by atomic mass is 9.86. The van der Waals surface area contributed by atoms with Crippen LogP contribution in [0.25, 0.3) is 5.57 Å². The van der Waals surface area contributed by atoms with Crippen LogP contribution >= 0.6 is 21.1 Å². The fourth-order valence-electron chi connectivity index (χ4n) is 2.18. The Morgan fingerprint density at radius 3 is 1.83 bits per heavy atom. The molecular formula is C19H38ClO3P. The molecule has 24 heavy (non-hydrogen) atoms. The molecular weight excluding hydrogens is 343 g/mol. The van der Waals surface area contributed by atoms with Crippen molar-refractivity contribution in [3.63, 3.8) is 0 Å². The van der Waals surface area contributed by atoms with Crippen LogP contribution in [0, 0.1) is 13.8 Å². The molecule has 0 aliphatic rings. The standard InChI is InChI=1S/C14H19ClO.2C2H6.CH4O.H3OP/c1-8(2)13-11(5)12(16)6-9(3)14(13)10(4)7-15;4*1-2/h6,10,16H,1,7H2,2-5H3;2*1-2H3;2H,1H3;1H,2H2/t10-;;;;/m0..../s1. The van der Waals surface area contributed by atoms with Crippen molar-refractivity contribution in [1.29, 1.82) is 0 Å². The Morgan fingerprint density at radius 1 is 1.17 bits per heavy atom. The summed E-state index contributed by atoms with van der Waals surface area (Å²) in [6.07, 6.45) is 0. The van der Waals surface area contributed by atoms with Crippen LogP contribution in [-0.4, -0.2) is 28.1 Å². The van der Waals surface area contributed by atoms with Gasteiger partial charge in [-0.1, -0.05) is 46.8 Å². The van der Waals surface area contributed by atoms with Gasteiger partial charge in [0.25, 0.3) is 0 Å². The monoisotopic (exact) mass is 380 g/mol. The summed E-state index contributed by atoms with van der Waals surface area (Å²) < 4.78 is 0. The average Bonchev–Trinajstić information content (AvgIpc) is 2.63. The number of alkyl halides is 1. The summed E-state index contributed by atoms with van der Waals surface area (Å²) in [4.78, 5) is 6.92. The van der Waals surface area contributed by atoms with Gasteiger partial charge in [-0.25, -0.2) is 0 Å². The lowest BCUT2D eigenvalue weighted by Crippen LogP contribution is -2.04. The minimum Gasteiger partial charge on any atom is -0.508 e. The van der Waals surface area contributed by atoms with Crippen molar-refractivity contribution in [2.75, 3.05) is 13.0 Å². The van der Waals surface area contributed by atoms with E-state index < -0.39 is 0 Å². The maximum Gasteiger partial charge on any atom is 0.119 e. The predicted octanol–water partition coefficient (Wildman–Crippen LogP) is 5.81. The van der Waals surface area contributed by atoms with Gasteiger partial charge in [-0.15, -0.1) is 11.6 Å². The second-order valence-corrected chi connectivity index (χ2v) is 4.77. The first-order valence-corrected chi connectivity index (χ1v) is 9.20. The maximum atomic E-state index is 9.83. The number of hydrogen-bond acceptors (Lipinski definition) is 3. The van der Waals surface area contributed by atoms with Gasteiger partial charge >= 0.3 is 0 Å². The van der Waals surface area contributed by atoms with E-state index in [-0.39, 0.29) is 5.92 Å². The Bertz CT molecular complexity index is 435. The lowest BCUT2D eigenvalue weighted by molar-refractivity contribution is 0.399. The summed E-state index contributed by atoms with van der Waals surface area (Å²) in [5, 5.41) is 16.8. The molecule has 0 spiro atoms. The van der Waals surface area contributed by atoms with Crippen molar-refractivity contribution in [3.8, 4) is 5.75 Å². The van der Waals surface area contributed by atoms with Gasteiger partial charge in [0.1, 0.15) is 5.75 Å². The van der Waals surface area contributed by atoms with Crippen molar-refractivity contribution < 1.29 is 15.1 Å². The van der Waals surface area contributed by atoms with Crippen molar-refractivity contribution in [2.24, 2.45) is 0 Å². The minimum atomic E-state index is 0.271. The number of rotatable bonds is 3. The van der Waals surface area contributed by atoms with Crippen LogP contribution < -0.4 is 0 Å². The summed E-state index contributed by atoms with van der Waals surface area (Å²) in [7, 11) is 2.42. The van der Waals surface area contributed by atoms with Gasteiger partial charge < -0.3 is 15.1 Å². The van der Waals surface area contributed by atoms with Crippen molar-refractivity contribution in [2.45, 2.75) is 61.3 Å². The molecule has 0 heterocycles. The van der Waals surface area contributed by atoms with E-state index in [1.54, 1.807) is 6.07 Å². The number of benzene rings is 1. The highest BCUT2D eigenvalue weighted by Gasteiger charge is 2.17. The van der Waals surface area contributed by atoms with E-state index >= 15 is 0 Å². The van der Waals surface area contributed by atoms with Gasteiger partial charge in [0, 0.05) is 13.0 Å². The maximum absolute atomic E-state index is 9.83. The van der Waals surface area contributed by atoms with E-state index in [1.165, 1.54) is 15.0 Å². The average molecular weight is 381 g/mol. The van der Waals surface area contributed by atoms with Crippen molar-refractivity contribution >= 4 is 26.6 Å². The van der Waals surface area contributed by atoms with E-state index in [2.05, 4.69) is 13.5 Å². The third-order valence-corrected chi connectivity index (χ3v) is 3.42. The Morgan fingerprint density at radius 2 is 1.54 bits per heavy atom. The third kappa shape index (κ3) is 10.3. The molecule has 0 aliphatic heterocycles. The smallest absolute Gasteiger partial charge is 0.119 e. The molecule has 0 bridgehead atoms. The third-order valence-electron chi connectivity index (χ3n) is 2.96. The quantitative estimate of drug-likeness (QED) is 0.457. The van der Waals surface area contributed by atoms with E-state index in [0.717, 1.165) is 29.4 Å². The van der Waals surface area contributed by atoms with Crippen LogP contribution in [0.4, 0.5) is 0 Å². The van der Waals surface area contributed by atoms with Crippen LogP contribution in [0.1, 0.15) is 69.7 Å². The summed E-state index contributed by atoms with van der Waals surface area (Å²) in [5.41, 5.74) is 5.21. The Balaban J connectivity index is -0.000000218. The largest absolute Gasteiger partial charge is 0.508 e. The molecule has 0 aliphatic carbocycles. The van der Waals surface area contributed by atoms with Gasteiger partial charge in [0.2, 0.25) is 0 Å². The predicted molar refractivity (Wildman–Crippen MR) is 114 cm³/mol.